The van der Waals surface area contributed by atoms with Gasteiger partial charge in [-0.15, -0.1) is 10.2 Å². The summed E-state index contributed by atoms with van der Waals surface area (Å²) >= 11 is 0. The Balaban J connectivity index is 1.80. The fourth-order valence-electron chi connectivity index (χ4n) is 2.23. The minimum atomic E-state index is -0.237. The van der Waals surface area contributed by atoms with Gasteiger partial charge in [-0.1, -0.05) is 0 Å². The van der Waals surface area contributed by atoms with Gasteiger partial charge in [-0.3, -0.25) is 9.20 Å². The Hall–Kier alpha value is -2.93. The molecule has 2 heterocycles. The monoisotopic (exact) mass is 312 g/mol. The number of benzene rings is 1. The number of amides is 1. The summed E-state index contributed by atoms with van der Waals surface area (Å²) in [6.07, 6.45) is 3.21. The van der Waals surface area contributed by atoms with Crippen LogP contribution in [0.2, 0.25) is 0 Å². The van der Waals surface area contributed by atoms with E-state index >= 15 is 0 Å². The maximum atomic E-state index is 12.4. The number of ether oxygens (including phenoxy) is 1. The topological polar surface area (TPSA) is 88.8 Å². The Kier molecular flexibility index (Phi) is 4.20. The van der Waals surface area contributed by atoms with Crippen molar-refractivity contribution in [3.8, 4) is 5.75 Å². The second kappa shape index (κ2) is 6.45. The van der Waals surface area contributed by atoms with Crippen LogP contribution in [0.15, 0.2) is 42.9 Å². The average molecular weight is 312 g/mol. The zero-order chi connectivity index (χ0) is 16.2. The molecule has 7 nitrogen and oxygen atoms in total. The van der Waals surface area contributed by atoms with Crippen molar-refractivity contribution in [3.05, 3.63) is 54.0 Å². The number of aliphatic hydroxyl groups excluding tert-OH is 1. The molecule has 1 amide bonds. The number of nitrogens with zero attached hydrogens (tertiary/aromatic N) is 3. The van der Waals surface area contributed by atoms with Crippen molar-refractivity contribution in [2.45, 2.75) is 6.92 Å². The highest BCUT2D eigenvalue weighted by Gasteiger charge is 2.09. The molecular formula is C16H16N4O3. The van der Waals surface area contributed by atoms with Crippen LogP contribution in [0.25, 0.3) is 5.65 Å². The van der Waals surface area contributed by atoms with Gasteiger partial charge < -0.3 is 15.2 Å². The third-order valence-corrected chi connectivity index (χ3v) is 3.22. The summed E-state index contributed by atoms with van der Waals surface area (Å²) in [5.74, 6) is 0.364. The van der Waals surface area contributed by atoms with Crippen molar-refractivity contribution < 1.29 is 14.6 Å². The maximum absolute atomic E-state index is 12.4. The number of nitrogens with one attached hydrogen (secondary N) is 1. The van der Waals surface area contributed by atoms with Crippen LogP contribution in [0.3, 0.4) is 0 Å². The Morgan fingerprint density at radius 3 is 3.04 bits per heavy atom. The molecule has 0 saturated heterocycles. The van der Waals surface area contributed by atoms with Crippen LogP contribution in [0.4, 0.5) is 5.69 Å². The highest BCUT2D eigenvalue weighted by Crippen LogP contribution is 2.21. The second-order valence-electron chi connectivity index (χ2n) is 5.08. The third-order valence-electron chi connectivity index (χ3n) is 3.22. The van der Waals surface area contributed by atoms with E-state index in [2.05, 4.69) is 15.5 Å². The number of aliphatic hydroxyl groups is 1. The number of hydrogen-bond acceptors (Lipinski definition) is 5. The zero-order valence-electron chi connectivity index (χ0n) is 12.6. The van der Waals surface area contributed by atoms with Gasteiger partial charge in [-0.05, 0) is 36.8 Å². The number of fused-ring (bicyclic) bond motifs is 1. The van der Waals surface area contributed by atoms with Gasteiger partial charge in [-0.25, -0.2) is 0 Å². The fourth-order valence-corrected chi connectivity index (χ4v) is 2.23. The summed E-state index contributed by atoms with van der Waals surface area (Å²) in [5, 5.41) is 19.3. The van der Waals surface area contributed by atoms with Crippen molar-refractivity contribution in [1.29, 1.82) is 0 Å². The van der Waals surface area contributed by atoms with Gasteiger partial charge in [-0.2, -0.15) is 0 Å². The van der Waals surface area contributed by atoms with E-state index < -0.39 is 0 Å². The van der Waals surface area contributed by atoms with E-state index in [0.29, 0.717) is 22.6 Å². The van der Waals surface area contributed by atoms with Crippen molar-refractivity contribution in [3.63, 3.8) is 0 Å². The van der Waals surface area contributed by atoms with Crippen LogP contribution >= 0.6 is 0 Å². The fraction of sp³-hybridized carbons (Fsp3) is 0.188. The molecule has 0 aliphatic carbocycles. The SMILES string of the molecule is Cc1cc(NC(=O)c2ccc3nncn3c2)cc(OCCO)c1. The summed E-state index contributed by atoms with van der Waals surface area (Å²) in [6.45, 7) is 2.06. The molecule has 0 atom stereocenters. The molecule has 0 spiro atoms. The molecule has 0 radical (unpaired) electrons. The largest absolute Gasteiger partial charge is 0.491 e. The standard InChI is InChI=1S/C16H16N4O3/c1-11-6-13(8-14(7-11)23-5-4-21)18-16(22)12-2-3-15-19-17-10-20(15)9-12/h2-3,6-10,21H,4-5H2,1H3,(H,18,22). The van der Waals surface area contributed by atoms with E-state index in [9.17, 15) is 4.79 Å². The first-order valence-electron chi connectivity index (χ1n) is 7.12. The molecule has 7 heteroatoms. The Labute approximate surface area is 132 Å². The number of anilines is 1. The Morgan fingerprint density at radius 2 is 2.22 bits per heavy atom. The van der Waals surface area contributed by atoms with Gasteiger partial charge in [0.2, 0.25) is 0 Å². The summed E-state index contributed by atoms with van der Waals surface area (Å²) in [4.78, 5) is 12.4. The second-order valence-corrected chi connectivity index (χ2v) is 5.08. The molecule has 118 valence electrons. The van der Waals surface area contributed by atoms with Crippen molar-refractivity contribution in [1.82, 2.24) is 14.6 Å². The Morgan fingerprint density at radius 1 is 1.35 bits per heavy atom. The predicted octanol–water partition coefficient (Wildman–Crippen LogP) is 1.66. The van der Waals surface area contributed by atoms with Gasteiger partial charge in [0.25, 0.3) is 5.91 Å². The van der Waals surface area contributed by atoms with Crippen LogP contribution < -0.4 is 10.1 Å². The molecule has 0 aliphatic heterocycles. The van der Waals surface area contributed by atoms with Crippen LogP contribution in [0, 0.1) is 6.92 Å². The van der Waals surface area contributed by atoms with Gasteiger partial charge in [0, 0.05) is 18.0 Å². The van der Waals surface area contributed by atoms with E-state index in [1.165, 1.54) is 0 Å². The summed E-state index contributed by atoms with van der Waals surface area (Å²) < 4.78 is 7.07. The van der Waals surface area contributed by atoms with Gasteiger partial charge >= 0.3 is 0 Å². The molecule has 0 saturated carbocycles. The predicted molar refractivity (Wildman–Crippen MR) is 84.7 cm³/mol. The molecule has 23 heavy (non-hydrogen) atoms. The summed E-state index contributed by atoms with van der Waals surface area (Å²) in [5.41, 5.74) is 2.75. The van der Waals surface area contributed by atoms with Crippen LogP contribution in [-0.2, 0) is 0 Å². The Bertz CT molecular complexity index is 844. The minimum Gasteiger partial charge on any atom is -0.491 e. The number of hydrogen-bond donors (Lipinski definition) is 2. The van der Waals surface area contributed by atoms with Gasteiger partial charge in [0.15, 0.2) is 5.65 Å². The number of aromatic nitrogens is 3. The number of aryl methyl sites for hydroxylation is 1. The van der Waals surface area contributed by atoms with Crippen LogP contribution in [-0.4, -0.2) is 38.8 Å². The highest BCUT2D eigenvalue weighted by molar-refractivity contribution is 6.04. The van der Waals surface area contributed by atoms with E-state index in [1.54, 1.807) is 35.1 Å². The molecule has 1 aromatic carbocycles. The minimum absolute atomic E-state index is 0.0609. The summed E-state index contributed by atoms with van der Waals surface area (Å²) in [6, 6.07) is 8.83. The molecule has 3 aromatic rings. The molecule has 0 fully saturated rings. The van der Waals surface area contributed by atoms with E-state index in [-0.39, 0.29) is 19.1 Å². The van der Waals surface area contributed by atoms with E-state index in [0.717, 1.165) is 5.56 Å². The first-order valence-corrected chi connectivity index (χ1v) is 7.12. The molecule has 0 unspecified atom stereocenters. The zero-order valence-corrected chi connectivity index (χ0v) is 12.6. The van der Waals surface area contributed by atoms with Gasteiger partial charge in [0.05, 0.1) is 12.2 Å². The molecule has 2 aromatic heterocycles. The number of carbonyl (C=O) groups excluding carboxylic acids is 1. The number of rotatable bonds is 5. The average Bonchev–Trinajstić information content (AvgIpc) is 2.99. The quantitative estimate of drug-likeness (QED) is 0.748. The molecule has 0 aliphatic rings. The molecule has 2 N–H and O–H groups in total. The molecule has 0 bridgehead atoms. The van der Waals surface area contributed by atoms with Crippen LogP contribution in [0.5, 0.6) is 5.75 Å². The number of carbonyl (C=O) groups is 1. The maximum Gasteiger partial charge on any atom is 0.257 e. The first-order chi connectivity index (χ1) is 11.2. The lowest BCUT2D eigenvalue weighted by atomic mass is 10.2. The molecular weight excluding hydrogens is 296 g/mol. The highest BCUT2D eigenvalue weighted by atomic mass is 16.5. The lowest BCUT2D eigenvalue weighted by Crippen LogP contribution is -2.13. The van der Waals surface area contributed by atoms with Crippen molar-refractivity contribution >= 4 is 17.2 Å². The smallest absolute Gasteiger partial charge is 0.257 e. The lowest BCUT2D eigenvalue weighted by Gasteiger charge is -2.10. The molecule has 3 rings (SSSR count). The van der Waals surface area contributed by atoms with Crippen molar-refractivity contribution in [2.24, 2.45) is 0 Å². The first kappa shape index (κ1) is 15.0. The number of pyridine rings is 1. The summed E-state index contributed by atoms with van der Waals surface area (Å²) in [7, 11) is 0. The van der Waals surface area contributed by atoms with Crippen LogP contribution in [0.1, 0.15) is 15.9 Å². The normalized spacial score (nSPS) is 10.7. The van der Waals surface area contributed by atoms with E-state index in [1.807, 2.05) is 19.1 Å². The lowest BCUT2D eigenvalue weighted by molar-refractivity contribution is 0.102. The van der Waals surface area contributed by atoms with E-state index in [4.69, 9.17) is 9.84 Å². The van der Waals surface area contributed by atoms with Gasteiger partial charge in [0.1, 0.15) is 18.7 Å². The van der Waals surface area contributed by atoms with Crippen molar-refractivity contribution in [2.75, 3.05) is 18.5 Å². The third kappa shape index (κ3) is 3.46.